The third-order valence-corrected chi connectivity index (χ3v) is 7.60. The van der Waals surface area contributed by atoms with Gasteiger partial charge in [0.05, 0.1) is 6.54 Å². The molecule has 0 aromatic rings. The molecule has 0 aromatic carbocycles. The number of quaternary nitrogens is 1. The van der Waals surface area contributed by atoms with Gasteiger partial charge in [0.2, 0.25) is 0 Å². The van der Waals surface area contributed by atoms with E-state index in [9.17, 15) is 0 Å². The van der Waals surface area contributed by atoms with Crippen molar-refractivity contribution >= 4 is 0 Å². The van der Waals surface area contributed by atoms with E-state index in [1.165, 1.54) is 193 Å². The molecule has 3 N–H and O–H groups in total. The van der Waals surface area contributed by atoms with Gasteiger partial charge in [0, 0.05) is 0 Å². The van der Waals surface area contributed by atoms with Gasteiger partial charge < -0.3 is 18.1 Å². The fourth-order valence-corrected chi connectivity index (χ4v) is 5.20. The van der Waals surface area contributed by atoms with E-state index in [-0.39, 0.29) is 12.4 Å². The minimum atomic E-state index is 0. The Morgan fingerprint density at radius 1 is 0.265 bits per heavy atom. The van der Waals surface area contributed by atoms with Crippen LogP contribution < -0.4 is 18.1 Å². The van der Waals surface area contributed by atoms with Crippen molar-refractivity contribution in [1.29, 1.82) is 0 Å². The van der Waals surface area contributed by atoms with Crippen molar-refractivity contribution in [3.05, 3.63) is 0 Å². The minimum absolute atomic E-state index is 0. The molecule has 0 aliphatic rings. The molecule has 0 rings (SSSR count). The van der Waals surface area contributed by atoms with Crippen molar-refractivity contribution in [2.24, 2.45) is 0 Å². The number of hydrogen-bond donors (Lipinski definition) is 1. The maximum absolute atomic E-state index is 3.92. The topological polar surface area (TPSA) is 27.6 Å². The second kappa shape index (κ2) is 35.4. The van der Waals surface area contributed by atoms with Gasteiger partial charge in [0.1, 0.15) is 0 Å². The number of unbranched alkanes of at least 4 members (excludes halogenated alkanes) is 29. The largest absolute Gasteiger partial charge is 1.00 e. The Balaban J connectivity index is 0. The van der Waals surface area contributed by atoms with Crippen LogP contribution in [0.3, 0.4) is 0 Å². The molecule has 0 aliphatic carbocycles. The van der Waals surface area contributed by atoms with Gasteiger partial charge in [-0.2, -0.15) is 0 Å². The van der Waals surface area contributed by atoms with Crippen molar-refractivity contribution in [3.63, 3.8) is 0 Å². The molecule has 0 fully saturated rings. The molecular formula is C32H68ClN. The molecule has 0 aromatic heterocycles. The highest BCUT2D eigenvalue weighted by Gasteiger charge is 1.96. The van der Waals surface area contributed by atoms with Crippen molar-refractivity contribution in [2.45, 2.75) is 200 Å². The Kier molecular flexibility index (Phi) is 37.9. The fraction of sp³-hybridized carbons (Fsp3) is 1.00. The van der Waals surface area contributed by atoms with E-state index in [4.69, 9.17) is 0 Å². The van der Waals surface area contributed by atoms with E-state index in [1.54, 1.807) is 0 Å². The Labute approximate surface area is 224 Å². The van der Waals surface area contributed by atoms with E-state index in [1.807, 2.05) is 0 Å². The minimum Gasteiger partial charge on any atom is -1.00 e. The van der Waals surface area contributed by atoms with Crippen molar-refractivity contribution in [1.82, 2.24) is 0 Å². The van der Waals surface area contributed by atoms with Crippen molar-refractivity contribution in [2.75, 3.05) is 6.54 Å². The second-order valence-electron chi connectivity index (χ2n) is 11.1. The summed E-state index contributed by atoms with van der Waals surface area (Å²) in [7, 11) is 0. The standard InChI is InChI=1S/C32H67N.ClH/c1-2-3-4-5-6-7-8-9-10-11-12-13-14-15-16-17-18-19-20-21-22-23-24-25-26-27-28-29-30-31-32-33;/h2-33H2,1H3;1H. The fourth-order valence-electron chi connectivity index (χ4n) is 5.20. The molecule has 0 saturated carbocycles. The molecule has 0 saturated heterocycles. The molecular weight excluding hydrogens is 434 g/mol. The summed E-state index contributed by atoms with van der Waals surface area (Å²) >= 11 is 0. The van der Waals surface area contributed by atoms with Crippen LogP contribution in [0.25, 0.3) is 0 Å². The zero-order valence-corrected chi connectivity index (χ0v) is 24.8. The van der Waals surface area contributed by atoms with Crippen LogP contribution >= 0.6 is 0 Å². The summed E-state index contributed by atoms with van der Waals surface area (Å²) in [6.45, 7) is 3.43. The lowest BCUT2D eigenvalue weighted by Gasteiger charge is -2.04. The SMILES string of the molecule is CCCCCCCCCCCCCCCCCCCCCCCCCCCCCCCC[NH3+].[Cl-]. The summed E-state index contributed by atoms with van der Waals surface area (Å²) in [4.78, 5) is 0. The predicted molar refractivity (Wildman–Crippen MR) is 152 cm³/mol. The van der Waals surface area contributed by atoms with Crippen molar-refractivity contribution in [3.8, 4) is 0 Å². The van der Waals surface area contributed by atoms with Gasteiger partial charge in [-0.3, -0.25) is 0 Å². The second-order valence-corrected chi connectivity index (χ2v) is 11.1. The van der Waals surface area contributed by atoms with E-state index < -0.39 is 0 Å². The molecule has 0 amide bonds. The van der Waals surface area contributed by atoms with Crippen LogP contribution in [0.5, 0.6) is 0 Å². The summed E-state index contributed by atoms with van der Waals surface area (Å²) in [5.74, 6) is 0. The average molecular weight is 502 g/mol. The van der Waals surface area contributed by atoms with Crippen LogP contribution in [0.4, 0.5) is 0 Å². The van der Waals surface area contributed by atoms with Gasteiger partial charge in [-0.05, 0) is 12.8 Å². The third kappa shape index (κ3) is 34.4. The summed E-state index contributed by atoms with van der Waals surface area (Å²) < 4.78 is 0. The summed E-state index contributed by atoms with van der Waals surface area (Å²) in [5, 5.41) is 0. The molecule has 208 valence electrons. The molecule has 0 unspecified atom stereocenters. The lowest BCUT2D eigenvalue weighted by atomic mass is 10.0. The van der Waals surface area contributed by atoms with E-state index in [0.29, 0.717) is 0 Å². The molecule has 0 radical (unpaired) electrons. The Morgan fingerprint density at radius 3 is 0.559 bits per heavy atom. The first-order valence-corrected chi connectivity index (χ1v) is 16.2. The summed E-state index contributed by atoms with van der Waals surface area (Å²) in [6.07, 6.45) is 44.1. The van der Waals surface area contributed by atoms with Gasteiger partial charge in [-0.1, -0.05) is 187 Å². The maximum atomic E-state index is 3.92. The molecule has 0 aliphatic heterocycles. The zero-order valence-electron chi connectivity index (χ0n) is 24.0. The van der Waals surface area contributed by atoms with Crippen molar-refractivity contribution < 1.29 is 18.1 Å². The molecule has 0 bridgehead atoms. The highest BCUT2D eigenvalue weighted by molar-refractivity contribution is 4.52. The molecule has 0 atom stereocenters. The van der Waals surface area contributed by atoms with Gasteiger partial charge >= 0.3 is 0 Å². The lowest BCUT2D eigenvalue weighted by Crippen LogP contribution is -3.00. The monoisotopic (exact) mass is 502 g/mol. The normalized spacial score (nSPS) is 11.1. The smallest absolute Gasteiger partial charge is 0.0739 e. The van der Waals surface area contributed by atoms with Crippen LogP contribution in [0.1, 0.15) is 200 Å². The zero-order chi connectivity index (χ0) is 23.9. The average Bonchev–Trinajstić information content (AvgIpc) is 2.83. The molecule has 2 heteroatoms. The van der Waals surface area contributed by atoms with Crippen LogP contribution in [0, 0.1) is 0 Å². The Hall–Kier alpha value is 0.250. The van der Waals surface area contributed by atoms with Gasteiger partial charge in [-0.25, -0.2) is 0 Å². The molecule has 0 spiro atoms. The summed E-state index contributed by atoms with van der Waals surface area (Å²) in [5.41, 5.74) is 3.92. The van der Waals surface area contributed by atoms with Crippen LogP contribution in [0.2, 0.25) is 0 Å². The van der Waals surface area contributed by atoms with Gasteiger partial charge in [0.15, 0.2) is 0 Å². The van der Waals surface area contributed by atoms with E-state index in [0.717, 1.165) is 6.54 Å². The first-order chi connectivity index (χ1) is 16.4. The number of halogens is 1. The highest BCUT2D eigenvalue weighted by atomic mass is 35.5. The summed E-state index contributed by atoms with van der Waals surface area (Å²) in [6, 6.07) is 0. The lowest BCUT2D eigenvalue weighted by molar-refractivity contribution is -0.368. The van der Waals surface area contributed by atoms with Gasteiger partial charge in [0.25, 0.3) is 0 Å². The van der Waals surface area contributed by atoms with E-state index in [2.05, 4.69) is 12.7 Å². The number of hydrogen-bond acceptors (Lipinski definition) is 0. The van der Waals surface area contributed by atoms with Crippen LogP contribution in [-0.2, 0) is 0 Å². The van der Waals surface area contributed by atoms with E-state index >= 15 is 0 Å². The van der Waals surface area contributed by atoms with Crippen LogP contribution in [0.15, 0.2) is 0 Å². The maximum Gasteiger partial charge on any atom is 0.0739 e. The third-order valence-electron chi connectivity index (χ3n) is 7.60. The van der Waals surface area contributed by atoms with Crippen LogP contribution in [-0.4, -0.2) is 6.54 Å². The molecule has 34 heavy (non-hydrogen) atoms. The Morgan fingerprint density at radius 2 is 0.412 bits per heavy atom. The first-order valence-electron chi connectivity index (χ1n) is 16.2. The highest BCUT2D eigenvalue weighted by Crippen LogP contribution is 2.16. The number of rotatable bonds is 30. The quantitative estimate of drug-likeness (QED) is 0.0966. The first kappa shape index (κ1) is 36.4. The molecule has 1 nitrogen and oxygen atoms in total. The Bertz CT molecular complexity index is 290. The van der Waals surface area contributed by atoms with Gasteiger partial charge in [-0.15, -0.1) is 0 Å². The predicted octanol–water partition coefficient (Wildman–Crippen LogP) is 7.96. The molecule has 0 heterocycles.